The van der Waals surface area contributed by atoms with E-state index < -0.39 is 0 Å². The summed E-state index contributed by atoms with van der Waals surface area (Å²) in [6.07, 6.45) is 5.38. The van der Waals surface area contributed by atoms with Crippen LogP contribution in [0, 0.1) is 0 Å². The molecule has 0 aliphatic carbocycles. The summed E-state index contributed by atoms with van der Waals surface area (Å²) in [5, 5.41) is 8.12. The summed E-state index contributed by atoms with van der Waals surface area (Å²) < 4.78 is 1.88. The van der Waals surface area contributed by atoms with Crippen LogP contribution in [-0.4, -0.2) is 20.0 Å². The van der Waals surface area contributed by atoms with E-state index in [1.54, 1.807) is 6.20 Å². The highest BCUT2D eigenvalue weighted by molar-refractivity contribution is 5.68. The minimum Gasteiger partial charge on any atom is -0.235 e. The van der Waals surface area contributed by atoms with Gasteiger partial charge in [-0.05, 0) is 18.6 Å². The molecule has 2 heterocycles. The van der Waals surface area contributed by atoms with E-state index in [1.165, 1.54) is 12.8 Å². The molecule has 74 valence electrons. The van der Waals surface area contributed by atoms with Crippen LogP contribution < -0.4 is 0 Å². The standard InChI is InChI=1S/C10H14N4/c1-2-3-4-8-14-10-9(12-13-14)6-5-7-11-10/h5-7H,2-4,8H2,1H3. The Kier molecular flexibility index (Phi) is 2.72. The fraction of sp³-hybridized carbons (Fsp3) is 0.500. The van der Waals surface area contributed by atoms with Gasteiger partial charge in [0.2, 0.25) is 0 Å². The van der Waals surface area contributed by atoms with Crippen molar-refractivity contribution < 1.29 is 0 Å². The molecule has 4 heteroatoms. The van der Waals surface area contributed by atoms with Crippen molar-refractivity contribution in [2.45, 2.75) is 32.7 Å². The third-order valence-corrected chi connectivity index (χ3v) is 2.24. The minimum absolute atomic E-state index is 0.879. The van der Waals surface area contributed by atoms with Crippen LogP contribution in [0.15, 0.2) is 18.3 Å². The summed E-state index contributed by atoms with van der Waals surface area (Å²) in [5.41, 5.74) is 1.77. The maximum atomic E-state index is 4.26. The number of hydrogen-bond acceptors (Lipinski definition) is 3. The molecule has 0 aromatic carbocycles. The molecule has 0 radical (unpaired) electrons. The number of rotatable bonds is 4. The summed E-state index contributed by atoms with van der Waals surface area (Å²) in [6.45, 7) is 3.11. The van der Waals surface area contributed by atoms with Crippen LogP contribution >= 0.6 is 0 Å². The topological polar surface area (TPSA) is 43.6 Å². The molecule has 2 aromatic heterocycles. The third-order valence-electron chi connectivity index (χ3n) is 2.24. The van der Waals surface area contributed by atoms with Gasteiger partial charge in [0.1, 0.15) is 5.52 Å². The molecule has 0 unspecified atom stereocenters. The van der Waals surface area contributed by atoms with Crippen LogP contribution in [-0.2, 0) is 6.54 Å². The number of pyridine rings is 1. The Morgan fingerprint density at radius 2 is 2.29 bits per heavy atom. The van der Waals surface area contributed by atoms with Crippen molar-refractivity contribution in [3.8, 4) is 0 Å². The Balaban J connectivity index is 2.17. The highest BCUT2D eigenvalue weighted by atomic mass is 15.4. The monoisotopic (exact) mass is 190 g/mol. The lowest BCUT2D eigenvalue weighted by atomic mass is 10.2. The fourth-order valence-electron chi connectivity index (χ4n) is 1.47. The van der Waals surface area contributed by atoms with Crippen LogP contribution in [0.3, 0.4) is 0 Å². The Morgan fingerprint density at radius 1 is 1.36 bits per heavy atom. The van der Waals surface area contributed by atoms with Gasteiger partial charge in [0.15, 0.2) is 5.65 Å². The second-order valence-corrected chi connectivity index (χ2v) is 3.37. The molecule has 0 saturated carbocycles. The molecule has 0 fully saturated rings. The zero-order valence-electron chi connectivity index (χ0n) is 8.35. The van der Waals surface area contributed by atoms with Gasteiger partial charge in [-0.15, -0.1) is 5.10 Å². The van der Waals surface area contributed by atoms with Crippen LogP contribution in [0.5, 0.6) is 0 Å². The highest BCUT2D eigenvalue weighted by Crippen LogP contribution is 2.07. The van der Waals surface area contributed by atoms with E-state index in [0.29, 0.717) is 0 Å². The number of aryl methyl sites for hydroxylation is 1. The maximum absolute atomic E-state index is 4.26. The summed E-state index contributed by atoms with van der Waals surface area (Å²) >= 11 is 0. The molecule has 0 amide bonds. The van der Waals surface area contributed by atoms with Gasteiger partial charge < -0.3 is 0 Å². The molecule has 0 atom stereocenters. The summed E-state index contributed by atoms with van der Waals surface area (Å²) in [7, 11) is 0. The van der Waals surface area contributed by atoms with Gasteiger partial charge in [-0.3, -0.25) is 0 Å². The number of aromatic nitrogens is 4. The molecule has 0 aliphatic heterocycles. The molecular formula is C10H14N4. The molecule has 0 aliphatic rings. The smallest absolute Gasteiger partial charge is 0.178 e. The van der Waals surface area contributed by atoms with Crippen molar-refractivity contribution in [1.82, 2.24) is 20.0 Å². The van der Waals surface area contributed by atoms with Crippen LogP contribution in [0.25, 0.3) is 11.2 Å². The number of fused-ring (bicyclic) bond motifs is 1. The van der Waals surface area contributed by atoms with Gasteiger partial charge in [0.25, 0.3) is 0 Å². The quantitative estimate of drug-likeness (QED) is 0.693. The predicted molar refractivity (Wildman–Crippen MR) is 54.8 cm³/mol. The average molecular weight is 190 g/mol. The third kappa shape index (κ3) is 1.73. The lowest BCUT2D eigenvalue weighted by Gasteiger charge is -1.99. The van der Waals surface area contributed by atoms with Crippen molar-refractivity contribution in [1.29, 1.82) is 0 Å². The fourth-order valence-corrected chi connectivity index (χ4v) is 1.47. The lowest BCUT2D eigenvalue weighted by molar-refractivity contribution is 0.547. The summed E-state index contributed by atoms with van der Waals surface area (Å²) in [4.78, 5) is 4.26. The largest absolute Gasteiger partial charge is 0.235 e. The van der Waals surface area contributed by atoms with Gasteiger partial charge in [-0.25, -0.2) is 9.67 Å². The molecule has 0 N–H and O–H groups in total. The predicted octanol–water partition coefficient (Wildman–Crippen LogP) is 2.02. The normalized spacial score (nSPS) is 10.9. The second-order valence-electron chi connectivity index (χ2n) is 3.37. The number of nitrogens with zero attached hydrogens (tertiary/aromatic N) is 4. The van der Waals surface area contributed by atoms with E-state index in [0.717, 1.165) is 24.1 Å². The second kappa shape index (κ2) is 4.17. The Bertz CT molecular complexity index is 407. The van der Waals surface area contributed by atoms with Gasteiger partial charge in [-0.1, -0.05) is 25.0 Å². The average Bonchev–Trinajstić information content (AvgIpc) is 2.63. The highest BCUT2D eigenvalue weighted by Gasteiger charge is 2.02. The van der Waals surface area contributed by atoms with Crippen molar-refractivity contribution in [3.63, 3.8) is 0 Å². The lowest BCUT2D eigenvalue weighted by Crippen LogP contribution is -2.01. The van der Waals surface area contributed by atoms with Crippen LogP contribution in [0.1, 0.15) is 26.2 Å². The van der Waals surface area contributed by atoms with E-state index in [4.69, 9.17) is 0 Å². The zero-order valence-corrected chi connectivity index (χ0v) is 8.35. The zero-order chi connectivity index (χ0) is 9.80. The molecule has 0 bridgehead atoms. The van der Waals surface area contributed by atoms with E-state index in [-0.39, 0.29) is 0 Å². The van der Waals surface area contributed by atoms with E-state index in [1.807, 2.05) is 16.8 Å². The first-order valence-corrected chi connectivity index (χ1v) is 5.06. The molecular weight excluding hydrogens is 176 g/mol. The first-order chi connectivity index (χ1) is 6.92. The van der Waals surface area contributed by atoms with Crippen LogP contribution in [0.4, 0.5) is 0 Å². The molecule has 0 spiro atoms. The van der Waals surface area contributed by atoms with E-state index in [2.05, 4.69) is 22.2 Å². The molecule has 2 aromatic rings. The first-order valence-electron chi connectivity index (χ1n) is 5.06. The molecule has 0 saturated heterocycles. The summed E-state index contributed by atoms with van der Waals surface area (Å²) in [6, 6.07) is 3.82. The van der Waals surface area contributed by atoms with Gasteiger partial charge in [0, 0.05) is 12.7 Å². The van der Waals surface area contributed by atoms with E-state index >= 15 is 0 Å². The Labute approximate surface area is 83.0 Å². The van der Waals surface area contributed by atoms with Crippen LogP contribution in [0.2, 0.25) is 0 Å². The van der Waals surface area contributed by atoms with Crippen molar-refractivity contribution in [2.75, 3.05) is 0 Å². The Morgan fingerprint density at radius 3 is 3.14 bits per heavy atom. The van der Waals surface area contributed by atoms with Gasteiger partial charge >= 0.3 is 0 Å². The number of unbranched alkanes of at least 4 members (excludes halogenated alkanes) is 2. The van der Waals surface area contributed by atoms with Crippen molar-refractivity contribution in [2.24, 2.45) is 0 Å². The SMILES string of the molecule is CCCCCn1nnc2cccnc21. The van der Waals surface area contributed by atoms with E-state index in [9.17, 15) is 0 Å². The maximum Gasteiger partial charge on any atom is 0.178 e. The van der Waals surface area contributed by atoms with Gasteiger partial charge in [0.05, 0.1) is 0 Å². The minimum atomic E-state index is 0.879. The molecule has 2 rings (SSSR count). The molecule has 14 heavy (non-hydrogen) atoms. The van der Waals surface area contributed by atoms with Crippen molar-refractivity contribution >= 4 is 11.2 Å². The van der Waals surface area contributed by atoms with Gasteiger partial charge in [-0.2, -0.15) is 0 Å². The van der Waals surface area contributed by atoms with Crippen molar-refractivity contribution in [3.05, 3.63) is 18.3 Å². The molecule has 4 nitrogen and oxygen atoms in total. The Hall–Kier alpha value is -1.45. The summed E-state index contributed by atoms with van der Waals surface area (Å²) in [5.74, 6) is 0. The number of hydrogen-bond donors (Lipinski definition) is 0. The first kappa shape index (κ1) is 9.12.